The van der Waals surface area contributed by atoms with E-state index in [0.717, 1.165) is 0 Å². The first-order chi connectivity index (χ1) is 8.04. The monoisotopic (exact) mass is 236 g/mol. The van der Waals surface area contributed by atoms with Crippen LogP contribution in [-0.4, -0.2) is 9.85 Å². The van der Waals surface area contributed by atoms with Crippen molar-refractivity contribution >= 4 is 11.8 Å². The minimum atomic E-state index is -0.525. The quantitative estimate of drug-likeness (QED) is 0.580. The molecule has 0 saturated heterocycles. The third-order valence-corrected chi connectivity index (χ3v) is 2.15. The summed E-state index contributed by atoms with van der Waals surface area (Å²) in [4.78, 5) is 20.3. The van der Waals surface area contributed by atoms with Crippen molar-refractivity contribution in [3.05, 3.63) is 55.8 Å². The van der Waals surface area contributed by atoms with Crippen LogP contribution in [0.4, 0.5) is 5.69 Å². The van der Waals surface area contributed by atoms with Crippen LogP contribution < -0.4 is 0 Å². The van der Waals surface area contributed by atoms with Gasteiger partial charge >= 0.3 is 0 Å². The molecule has 0 amide bonds. The predicted octanol–water partition coefficient (Wildman–Crippen LogP) is 3.01. The normalized spacial score (nSPS) is 11.2. The molecule has 1 rings (SSSR count). The minimum Gasteiger partial charge on any atom is -0.259 e. The second-order valence-corrected chi connectivity index (χ2v) is 3.49. The van der Waals surface area contributed by atoms with Crippen molar-refractivity contribution in [2.75, 3.05) is 0 Å². The highest BCUT2D eigenvalue weighted by molar-refractivity contribution is 5.54. The maximum absolute atomic E-state index is 10.7. The van der Waals surface area contributed by atoms with Crippen LogP contribution in [0.1, 0.15) is 25.3 Å². The fourth-order valence-corrected chi connectivity index (χ4v) is 1.39. The van der Waals surface area contributed by atoms with Gasteiger partial charge in [-0.15, -0.1) is 0 Å². The Hall–Kier alpha value is -2.24. The highest BCUT2D eigenvalue weighted by Crippen LogP contribution is 2.17. The summed E-state index contributed by atoms with van der Waals surface area (Å²) in [6.45, 7) is 1.84. The van der Waals surface area contributed by atoms with Crippen molar-refractivity contribution in [3.63, 3.8) is 0 Å². The molecule has 0 radical (unpaired) electrons. The van der Waals surface area contributed by atoms with E-state index in [2.05, 4.69) is 0 Å². The fourth-order valence-electron chi connectivity index (χ4n) is 1.39. The smallest absolute Gasteiger partial charge is 0.259 e. The molecule has 0 atom stereocenters. The van der Waals surface area contributed by atoms with E-state index < -0.39 is 9.85 Å². The highest BCUT2D eigenvalue weighted by atomic mass is 16.6. The Kier molecular flexibility index (Phi) is 4.33. The second kappa shape index (κ2) is 5.74. The molecule has 1 aromatic rings. The van der Waals surface area contributed by atoms with Gasteiger partial charge in [-0.1, -0.05) is 19.1 Å². The van der Waals surface area contributed by atoms with Gasteiger partial charge in [0.05, 0.1) is 9.85 Å². The Morgan fingerprint density at radius 3 is 2.59 bits per heavy atom. The zero-order valence-corrected chi connectivity index (χ0v) is 9.33. The van der Waals surface area contributed by atoms with Crippen LogP contribution in [0, 0.1) is 20.2 Å². The second-order valence-electron chi connectivity index (χ2n) is 3.49. The van der Waals surface area contributed by atoms with E-state index in [0.29, 0.717) is 18.4 Å². The molecule has 0 aliphatic rings. The van der Waals surface area contributed by atoms with Crippen molar-refractivity contribution in [1.29, 1.82) is 0 Å². The van der Waals surface area contributed by atoms with E-state index in [1.54, 1.807) is 6.07 Å². The number of nitro benzene ring substituents is 1. The first-order valence-corrected chi connectivity index (χ1v) is 5.14. The van der Waals surface area contributed by atoms with Gasteiger partial charge in [0.1, 0.15) is 0 Å². The minimum absolute atomic E-state index is 0.0630. The molecule has 17 heavy (non-hydrogen) atoms. The average molecular weight is 236 g/mol. The lowest BCUT2D eigenvalue weighted by atomic mass is 10.1. The van der Waals surface area contributed by atoms with Crippen molar-refractivity contribution < 1.29 is 9.85 Å². The van der Waals surface area contributed by atoms with Gasteiger partial charge in [-0.25, -0.2) is 0 Å². The molecule has 6 nitrogen and oxygen atoms in total. The van der Waals surface area contributed by atoms with E-state index in [9.17, 15) is 20.2 Å². The Labute approximate surface area is 97.9 Å². The van der Waals surface area contributed by atoms with Crippen LogP contribution in [0.3, 0.4) is 0 Å². The molecule has 90 valence electrons. The lowest BCUT2D eigenvalue weighted by Gasteiger charge is -1.97. The Balaban J connectivity index is 3.06. The molecule has 0 N–H and O–H groups in total. The van der Waals surface area contributed by atoms with Crippen molar-refractivity contribution in [3.8, 4) is 0 Å². The SMILES string of the molecule is CCCC(=Cc1cccc([N+](=O)[O-])c1)[N+](=O)[O-]. The molecule has 0 heterocycles. The van der Waals surface area contributed by atoms with Gasteiger partial charge in [0.15, 0.2) is 0 Å². The molecular weight excluding hydrogens is 224 g/mol. The first kappa shape index (κ1) is 12.8. The summed E-state index contributed by atoms with van der Waals surface area (Å²) >= 11 is 0. The molecule has 6 heteroatoms. The first-order valence-electron chi connectivity index (χ1n) is 5.14. The van der Waals surface area contributed by atoms with Crippen LogP contribution in [0.15, 0.2) is 30.0 Å². The van der Waals surface area contributed by atoms with Gasteiger partial charge in [0.2, 0.25) is 5.70 Å². The van der Waals surface area contributed by atoms with Crippen LogP contribution >= 0.6 is 0 Å². The van der Waals surface area contributed by atoms with E-state index in [4.69, 9.17) is 0 Å². The molecule has 0 aliphatic carbocycles. The summed E-state index contributed by atoms with van der Waals surface area (Å²) in [5.74, 6) is 0. The number of hydrogen-bond donors (Lipinski definition) is 0. The number of benzene rings is 1. The van der Waals surface area contributed by atoms with E-state index in [-0.39, 0.29) is 11.4 Å². The number of nitrogens with zero attached hydrogens (tertiary/aromatic N) is 2. The maximum atomic E-state index is 10.7. The summed E-state index contributed by atoms with van der Waals surface area (Å²) in [5, 5.41) is 21.3. The van der Waals surface area contributed by atoms with Gasteiger partial charge in [-0.3, -0.25) is 20.2 Å². The summed E-state index contributed by atoms with van der Waals surface area (Å²) < 4.78 is 0. The van der Waals surface area contributed by atoms with Gasteiger partial charge in [-0.05, 0) is 12.0 Å². The third-order valence-electron chi connectivity index (χ3n) is 2.15. The molecule has 0 spiro atoms. The molecule has 0 aromatic heterocycles. The number of hydrogen-bond acceptors (Lipinski definition) is 4. The number of allylic oxidation sites excluding steroid dienone is 1. The zero-order valence-electron chi connectivity index (χ0n) is 9.33. The van der Waals surface area contributed by atoms with Crippen molar-refractivity contribution in [2.45, 2.75) is 19.8 Å². The summed E-state index contributed by atoms with van der Waals surface area (Å²) in [7, 11) is 0. The Morgan fingerprint density at radius 2 is 2.06 bits per heavy atom. The van der Waals surface area contributed by atoms with E-state index in [1.807, 2.05) is 6.92 Å². The zero-order chi connectivity index (χ0) is 12.8. The fraction of sp³-hybridized carbons (Fsp3) is 0.273. The predicted molar refractivity (Wildman–Crippen MR) is 63.0 cm³/mol. The van der Waals surface area contributed by atoms with Gasteiger partial charge < -0.3 is 0 Å². The third kappa shape index (κ3) is 3.67. The maximum Gasteiger partial charge on any atom is 0.270 e. The van der Waals surface area contributed by atoms with Crippen LogP contribution in [-0.2, 0) is 0 Å². The number of non-ortho nitro benzene ring substituents is 1. The van der Waals surface area contributed by atoms with Gasteiger partial charge in [-0.2, -0.15) is 0 Å². The average Bonchev–Trinajstić information content (AvgIpc) is 2.28. The van der Waals surface area contributed by atoms with Crippen LogP contribution in [0.25, 0.3) is 6.08 Å². The summed E-state index contributed by atoms with van der Waals surface area (Å²) in [5.41, 5.74) is 0.463. The highest BCUT2D eigenvalue weighted by Gasteiger charge is 2.11. The topological polar surface area (TPSA) is 86.3 Å². The molecule has 0 bridgehead atoms. The molecule has 0 aliphatic heterocycles. The summed E-state index contributed by atoms with van der Waals surface area (Å²) in [6.07, 6.45) is 2.37. The van der Waals surface area contributed by atoms with Crippen molar-refractivity contribution in [2.24, 2.45) is 0 Å². The lowest BCUT2D eigenvalue weighted by molar-refractivity contribution is -0.426. The van der Waals surface area contributed by atoms with E-state index >= 15 is 0 Å². The molecule has 0 unspecified atom stereocenters. The van der Waals surface area contributed by atoms with Gasteiger partial charge in [0.25, 0.3) is 5.69 Å². The number of rotatable bonds is 5. The lowest BCUT2D eigenvalue weighted by Crippen LogP contribution is -1.98. The summed E-state index contributed by atoms with van der Waals surface area (Å²) in [6, 6.07) is 5.78. The largest absolute Gasteiger partial charge is 0.270 e. The molecule has 1 aromatic carbocycles. The van der Waals surface area contributed by atoms with Crippen LogP contribution in [0.5, 0.6) is 0 Å². The molecule has 0 saturated carbocycles. The Bertz CT molecular complexity index is 468. The number of nitro groups is 2. The van der Waals surface area contributed by atoms with E-state index in [1.165, 1.54) is 24.3 Å². The molecular formula is C11H12N2O4. The molecule has 0 fully saturated rings. The van der Waals surface area contributed by atoms with Crippen LogP contribution in [0.2, 0.25) is 0 Å². The Morgan fingerprint density at radius 1 is 1.35 bits per heavy atom. The van der Waals surface area contributed by atoms with Gasteiger partial charge in [0, 0.05) is 24.6 Å². The standard InChI is InChI=1S/C11H12N2O4/c1-2-4-10(12(14)15)7-9-5-3-6-11(8-9)13(16)17/h3,5-8H,2,4H2,1H3. The van der Waals surface area contributed by atoms with Crippen molar-refractivity contribution in [1.82, 2.24) is 0 Å².